The van der Waals surface area contributed by atoms with E-state index in [9.17, 15) is 9.90 Å². The second-order valence-corrected chi connectivity index (χ2v) is 7.85. The van der Waals surface area contributed by atoms with Gasteiger partial charge >= 0.3 is 0 Å². The molecule has 0 unspecified atom stereocenters. The molecular weight excluding hydrogens is 392 g/mol. The second kappa shape index (κ2) is 9.04. The lowest BCUT2D eigenvalue weighted by molar-refractivity contribution is 0.112. The van der Waals surface area contributed by atoms with Crippen LogP contribution in [0.1, 0.15) is 49.7 Å². The third-order valence-electron chi connectivity index (χ3n) is 3.76. The number of carbonyl (C=O) groups excluding carboxylic acids is 1. The number of phenolic OH excluding ortho intramolecular Hbond substituents is 1. The summed E-state index contributed by atoms with van der Waals surface area (Å²) in [4.78, 5) is 10.5. The maximum Gasteiger partial charge on any atom is 0.150 e. The van der Waals surface area contributed by atoms with Gasteiger partial charge < -0.3 is 9.84 Å². The highest BCUT2D eigenvalue weighted by Gasteiger charge is 2.29. The molecule has 0 bridgehead atoms. The van der Waals surface area contributed by atoms with E-state index in [0.29, 0.717) is 5.75 Å². The van der Waals surface area contributed by atoms with Gasteiger partial charge in [0.15, 0.2) is 0 Å². The predicted octanol–water partition coefficient (Wildman–Crippen LogP) is 6.12. The first-order chi connectivity index (χ1) is 11.7. The molecule has 0 saturated heterocycles. The first kappa shape index (κ1) is 22.0. The van der Waals surface area contributed by atoms with E-state index in [2.05, 4.69) is 22.5 Å². The smallest absolute Gasteiger partial charge is 0.150 e. The summed E-state index contributed by atoms with van der Waals surface area (Å²) in [5, 5.41) is 9.42. The van der Waals surface area contributed by atoms with Gasteiger partial charge in [-0.15, -0.1) is 0 Å². The Morgan fingerprint density at radius 1 is 1.31 bits per heavy atom. The van der Waals surface area contributed by atoms with Gasteiger partial charge in [0, 0.05) is 16.5 Å². The van der Waals surface area contributed by atoms with Gasteiger partial charge in [0.25, 0.3) is 0 Å². The van der Waals surface area contributed by atoms with Crippen molar-refractivity contribution in [2.24, 2.45) is 0 Å². The predicted molar refractivity (Wildman–Crippen MR) is 111 cm³/mol. The molecule has 3 rings (SSSR count). The van der Waals surface area contributed by atoms with Crippen LogP contribution in [0.5, 0.6) is 11.5 Å². The van der Waals surface area contributed by atoms with Crippen LogP contribution in [0.25, 0.3) is 0 Å². The summed E-state index contributed by atoms with van der Waals surface area (Å²) >= 11 is 3.35. The number of carbonyl (C=O) groups is 1. The van der Waals surface area contributed by atoms with E-state index in [1.54, 1.807) is 12.1 Å². The Labute approximate surface area is 164 Å². The zero-order chi connectivity index (χ0) is 18.6. The van der Waals surface area contributed by atoms with Crippen LogP contribution in [-0.4, -0.2) is 17.0 Å². The fourth-order valence-electron chi connectivity index (χ4n) is 2.72. The van der Waals surface area contributed by atoms with Gasteiger partial charge in [-0.3, -0.25) is 4.79 Å². The van der Waals surface area contributed by atoms with Crippen LogP contribution in [0.4, 0.5) is 0 Å². The number of ether oxygens (including phenoxy) is 1. The molecule has 0 atom stereocenters. The minimum absolute atomic E-state index is 0. The zero-order valence-electron chi connectivity index (χ0n) is 14.8. The maximum atomic E-state index is 10.5. The van der Waals surface area contributed by atoms with Crippen molar-refractivity contribution in [3.05, 3.63) is 69.7 Å². The molecule has 4 heteroatoms. The third-order valence-corrected chi connectivity index (χ3v) is 4.25. The van der Waals surface area contributed by atoms with Crippen LogP contribution in [0, 0.1) is 0 Å². The highest BCUT2D eigenvalue weighted by molar-refractivity contribution is 9.10. The largest absolute Gasteiger partial charge is 0.508 e. The number of hydrogen-bond donors (Lipinski definition) is 1. The molecule has 2 aromatic rings. The van der Waals surface area contributed by atoms with Gasteiger partial charge in [-0.1, -0.05) is 35.5 Å². The Hall–Kier alpha value is -2.07. The third kappa shape index (κ3) is 6.03. The van der Waals surface area contributed by atoms with Crippen LogP contribution in [-0.2, 0) is 12.8 Å². The van der Waals surface area contributed by atoms with Crippen LogP contribution in [0.15, 0.2) is 53.0 Å². The highest BCUT2D eigenvalue weighted by atomic mass is 79.9. The average molecular weight is 419 g/mol. The van der Waals surface area contributed by atoms with Crippen molar-refractivity contribution in [2.75, 3.05) is 0 Å². The number of aldehydes is 1. The van der Waals surface area contributed by atoms with Gasteiger partial charge in [0.05, 0.1) is 0 Å². The molecule has 0 aromatic heterocycles. The fourth-order valence-corrected chi connectivity index (χ4v) is 3.13. The number of halogens is 1. The minimum Gasteiger partial charge on any atom is -0.508 e. The Morgan fingerprint density at radius 2 is 2.00 bits per heavy atom. The SMILES string of the molecule is C.C=C(C)Cc1cc(Br)ccc1O.CC1(C)Cc2cc(C=O)ccc2O1. The number of rotatable bonds is 3. The molecule has 0 saturated carbocycles. The Kier molecular flexibility index (Phi) is 7.64. The van der Waals surface area contributed by atoms with E-state index in [1.807, 2.05) is 45.0 Å². The van der Waals surface area contributed by atoms with Gasteiger partial charge in [-0.25, -0.2) is 0 Å². The highest BCUT2D eigenvalue weighted by Crippen LogP contribution is 2.34. The molecule has 0 spiro atoms. The normalized spacial score (nSPS) is 13.4. The van der Waals surface area contributed by atoms with Crippen LogP contribution in [0.3, 0.4) is 0 Å². The number of aromatic hydroxyl groups is 1. The van der Waals surface area contributed by atoms with E-state index in [0.717, 1.165) is 51.6 Å². The van der Waals surface area contributed by atoms with Crippen LogP contribution >= 0.6 is 15.9 Å². The molecule has 1 heterocycles. The number of fused-ring (bicyclic) bond motifs is 1. The number of phenols is 1. The van der Waals surface area contributed by atoms with Crippen molar-refractivity contribution in [1.82, 2.24) is 0 Å². The Bertz CT molecular complexity index is 794. The van der Waals surface area contributed by atoms with Crippen molar-refractivity contribution in [3.63, 3.8) is 0 Å². The molecule has 140 valence electrons. The van der Waals surface area contributed by atoms with Gasteiger partial charge in [0.2, 0.25) is 0 Å². The summed E-state index contributed by atoms with van der Waals surface area (Å²) in [5.74, 6) is 1.25. The molecule has 0 aliphatic carbocycles. The standard InChI is InChI=1S/C11H12O2.C10H11BrO.CH4/c1-11(2)6-9-5-8(7-12)3-4-10(9)13-11;1-7(2)5-8-6-9(11)3-4-10(8)12;/h3-5,7H,6H2,1-2H3;3-4,6,12H,1,5H2,2H3;1H4. The number of benzene rings is 2. The Balaban J connectivity index is 0.000000251. The van der Waals surface area contributed by atoms with Gasteiger partial charge in [0.1, 0.15) is 23.4 Å². The first-order valence-electron chi connectivity index (χ1n) is 8.09. The molecule has 1 N–H and O–H groups in total. The molecule has 0 amide bonds. The van der Waals surface area contributed by atoms with Gasteiger partial charge in [-0.2, -0.15) is 0 Å². The van der Waals surface area contributed by atoms with E-state index < -0.39 is 0 Å². The maximum absolute atomic E-state index is 10.5. The molecular formula is C22H27BrO3. The Morgan fingerprint density at radius 3 is 2.62 bits per heavy atom. The quantitative estimate of drug-likeness (QED) is 0.482. The second-order valence-electron chi connectivity index (χ2n) is 6.93. The average Bonchev–Trinajstić information content (AvgIpc) is 2.83. The molecule has 0 fully saturated rings. The van der Waals surface area contributed by atoms with Gasteiger partial charge in [-0.05, 0) is 74.7 Å². The number of hydrogen-bond acceptors (Lipinski definition) is 3. The topological polar surface area (TPSA) is 46.5 Å². The summed E-state index contributed by atoms with van der Waals surface area (Å²) in [5.41, 5.74) is 3.69. The number of allylic oxidation sites excluding steroid dienone is 1. The summed E-state index contributed by atoms with van der Waals surface area (Å²) in [7, 11) is 0. The lowest BCUT2D eigenvalue weighted by Gasteiger charge is -2.16. The summed E-state index contributed by atoms with van der Waals surface area (Å²) < 4.78 is 6.66. The first-order valence-corrected chi connectivity index (χ1v) is 8.88. The molecule has 3 nitrogen and oxygen atoms in total. The zero-order valence-corrected chi connectivity index (χ0v) is 16.4. The summed E-state index contributed by atoms with van der Waals surface area (Å²) in [6.45, 7) is 9.84. The van der Waals surface area contributed by atoms with Crippen molar-refractivity contribution < 1.29 is 14.6 Å². The lowest BCUT2D eigenvalue weighted by Crippen LogP contribution is -2.24. The van der Waals surface area contributed by atoms with E-state index in [4.69, 9.17) is 4.74 Å². The minimum atomic E-state index is -0.121. The van der Waals surface area contributed by atoms with Crippen molar-refractivity contribution >= 4 is 22.2 Å². The molecule has 1 aliphatic rings. The summed E-state index contributed by atoms with van der Waals surface area (Å²) in [6.07, 6.45) is 2.47. The van der Waals surface area contributed by atoms with Crippen molar-refractivity contribution in [2.45, 2.75) is 46.6 Å². The lowest BCUT2D eigenvalue weighted by atomic mass is 10.0. The molecule has 26 heavy (non-hydrogen) atoms. The van der Waals surface area contributed by atoms with E-state index in [-0.39, 0.29) is 13.0 Å². The van der Waals surface area contributed by atoms with Crippen molar-refractivity contribution in [1.29, 1.82) is 0 Å². The fraction of sp³-hybridized carbons (Fsp3) is 0.318. The summed E-state index contributed by atoms with van der Waals surface area (Å²) in [6, 6.07) is 11.0. The molecule has 2 aromatic carbocycles. The van der Waals surface area contributed by atoms with Crippen LogP contribution < -0.4 is 4.74 Å². The molecule has 1 aliphatic heterocycles. The van der Waals surface area contributed by atoms with Crippen molar-refractivity contribution in [3.8, 4) is 11.5 Å². The monoisotopic (exact) mass is 418 g/mol. The van der Waals surface area contributed by atoms with E-state index in [1.165, 1.54) is 0 Å². The van der Waals surface area contributed by atoms with Crippen LogP contribution in [0.2, 0.25) is 0 Å². The van der Waals surface area contributed by atoms with E-state index >= 15 is 0 Å². The molecule has 0 radical (unpaired) electrons.